The van der Waals surface area contributed by atoms with Crippen molar-refractivity contribution in [2.24, 2.45) is 5.92 Å². The average molecular weight is 396 g/mol. The fraction of sp³-hybridized carbons (Fsp3) is 0.273. The summed E-state index contributed by atoms with van der Waals surface area (Å²) in [4.78, 5) is 14.8. The maximum Gasteiger partial charge on any atom is 0.254 e. The summed E-state index contributed by atoms with van der Waals surface area (Å²) < 4.78 is 27.8. The van der Waals surface area contributed by atoms with Crippen LogP contribution in [0, 0.1) is 24.5 Å². The molecule has 5 nitrogen and oxygen atoms in total. The molecule has 1 aliphatic rings. The molecule has 2 aromatic carbocycles. The molecule has 150 valence electrons. The van der Waals surface area contributed by atoms with Gasteiger partial charge in [0.05, 0.1) is 23.1 Å². The maximum absolute atomic E-state index is 13.1. The predicted molar refractivity (Wildman–Crippen MR) is 107 cm³/mol. The molecule has 1 saturated heterocycles. The molecule has 1 unspecified atom stereocenters. The topological polar surface area (TPSA) is 50.2 Å². The van der Waals surface area contributed by atoms with Crippen molar-refractivity contribution in [2.45, 2.75) is 13.3 Å². The Hall–Kier alpha value is -3.22. The van der Waals surface area contributed by atoms with Gasteiger partial charge in [0.15, 0.2) is 0 Å². The smallest absolute Gasteiger partial charge is 0.254 e. The number of carbonyl (C=O) groups excluding carboxylic acids is 1. The SMILES string of the molecule is Cc1c(C(=O)NCC2CCN(c3ccc(F)cc3)C2)cnn1-c1ccc(F)cc1. The number of hydrogen-bond donors (Lipinski definition) is 1. The zero-order valence-electron chi connectivity index (χ0n) is 16.1. The molecule has 1 N–H and O–H groups in total. The third-order valence-corrected chi connectivity index (χ3v) is 5.35. The van der Waals surface area contributed by atoms with Gasteiger partial charge in [-0.05, 0) is 67.8 Å². The highest BCUT2D eigenvalue weighted by atomic mass is 19.1. The normalized spacial score (nSPS) is 16.2. The van der Waals surface area contributed by atoms with Gasteiger partial charge in [-0.25, -0.2) is 13.5 Å². The van der Waals surface area contributed by atoms with Crippen LogP contribution in [0.3, 0.4) is 0 Å². The number of halogens is 2. The molecular formula is C22H22F2N4O. The fourth-order valence-electron chi connectivity index (χ4n) is 3.69. The molecule has 0 saturated carbocycles. The van der Waals surface area contributed by atoms with E-state index in [-0.39, 0.29) is 17.5 Å². The second-order valence-electron chi connectivity index (χ2n) is 7.32. The molecule has 1 aromatic heterocycles. The standard InChI is InChI=1S/C22H22F2N4O/c1-15-21(13-26-28(15)20-8-4-18(24)5-9-20)22(29)25-12-16-10-11-27(14-16)19-6-2-17(23)3-7-19/h2-9,13,16H,10-12,14H2,1H3,(H,25,29). The number of hydrogen-bond acceptors (Lipinski definition) is 3. The maximum atomic E-state index is 13.1. The van der Waals surface area contributed by atoms with Crippen molar-refractivity contribution in [2.75, 3.05) is 24.5 Å². The van der Waals surface area contributed by atoms with Crippen molar-refractivity contribution in [3.63, 3.8) is 0 Å². The number of amides is 1. The van der Waals surface area contributed by atoms with Crippen LogP contribution in [0.2, 0.25) is 0 Å². The Morgan fingerprint density at radius 3 is 2.34 bits per heavy atom. The number of aromatic nitrogens is 2. The minimum absolute atomic E-state index is 0.170. The molecule has 1 atom stereocenters. The summed E-state index contributed by atoms with van der Waals surface area (Å²) in [6.45, 7) is 4.09. The Labute approximate surface area is 168 Å². The lowest BCUT2D eigenvalue weighted by Gasteiger charge is -2.18. The molecule has 29 heavy (non-hydrogen) atoms. The summed E-state index contributed by atoms with van der Waals surface area (Å²) in [6, 6.07) is 12.5. The Morgan fingerprint density at radius 2 is 1.69 bits per heavy atom. The van der Waals surface area contributed by atoms with Gasteiger partial charge in [-0.15, -0.1) is 0 Å². The van der Waals surface area contributed by atoms with Gasteiger partial charge in [0, 0.05) is 25.3 Å². The highest BCUT2D eigenvalue weighted by molar-refractivity contribution is 5.95. The minimum atomic E-state index is -0.317. The first-order chi connectivity index (χ1) is 14.0. The lowest BCUT2D eigenvalue weighted by molar-refractivity contribution is 0.0947. The van der Waals surface area contributed by atoms with E-state index >= 15 is 0 Å². The van der Waals surface area contributed by atoms with E-state index in [0.717, 1.165) is 25.2 Å². The van der Waals surface area contributed by atoms with Crippen LogP contribution in [-0.4, -0.2) is 35.3 Å². The molecule has 4 rings (SSSR count). The number of nitrogens with one attached hydrogen (secondary N) is 1. The van der Waals surface area contributed by atoms with Crippen LogP contribution in [-0.2, 0) is 0 Å². The largest absolute Gasteiger partial charge is 0.371 e. The molecule has 7 heteroatoms. The third-order valence-electron chi connectivity index (χ3n) is 5.35. The van der Waals surface area contributed by atoms with E-state index in [1.54, 1.807) is 28.9 Å². The monoisotopic (exact) mass is 396 g/mol. The Bertz CT molecular complexity index is 999. The quantitative estimate of drug-likeness (QED) is 0.715. The van der Waals surface area contributed by atoms with Gasteiger partial charge in [0.2, 0.25) is 0 Å². The van der Waals surface area contributed by atoms with Crippen molar-refractivity contribution in [3.05, 3.63) is 77.6 Å². The van der Waals surface area contributed by atoms with Gasteiger partial charge >= 0.3 is 0 Å². The van der Waals surface area contributed by atoms with E-state index in [4.69, 9.17) is 0 Å². The van der Waals surface area contributed by atoms with Crippen LogP contribution in [0.5, 0.6) is 0 Å². The van der Waals surface area contributed by atoms with E-state index in [1.165, 1.54) is 30.5 Å². The Balaban J connectivity index is 1.36. The van der Waals surface area contributed by atoms with Gasteiger partial charge in [0.1, 0.15) is 11.6 Å². The van der Waals surface area contributed by atoms with Gasteiger partial charge in [0.25, 0.3) is 5.91 Å². The summed E-state index contributed by atoms with van der Waals surface area (Å²) >= 11 is 0. The van der Waals surface area contributed by atoms with Crippen molar-refractivity contribution in [1.29, 1.82) is 0 Å². The molecular weight excluding hydrogens is 374 g/mol. The fourth-order valence-corrected chi connectivity index (χ4v) is 3.69. The number of nitrogens with zero attached hydrogens (tertiary/aromatic N) is 3. The number of benzene rings is 2. The van der Waals surface area contributed by atoms with E-state index in [2.05, 4.69) is 15.3 Å². The summed E-state index contributed by atoms with van der Waals surface area (Å²) in [5, 5.41) is 7.27. The molecule has 3 aromatic rings. The molecule has 0 radical (unpaired) electrons. The summed E-state index contributed by atoms with van der Waals surface area (Å²) in [7, 11) is 0. The summed E-state index contributed by atoms with van der Waals surface area (Å²) in [6.07, 6.45) is 2.50. The average Bonchev–Trinajstić information content (AvgIpc) is 3.34. The molecule has 0 bridgehead atoms. The second kappa shape index (κ2) is 8.03. The first-order valence-corrected chi connectivity index (χ1v) is 9.60. The van der Waals surface area contributed by atoms with Crippen LogP contribution < -0.4 is 10.2 Å². The highest BCUT2D eigenvalue weighted by Gasteiger charge is 2.24. The zero-order valence-corrected chi connectivity index (χ0v) is 16.1. The van der Waals surface area contributed by atoms with Gasteiger partial charge in [-0.3, -0.25) is 4.79 Å². The third kappa shape index (κ3) is 4.13. The van der Waals surface area contributed by atoms with Gasteiger partial charge in [-0.1, -0.05) is 0 Å². The van der Waals surface area contributed by atoms with Gasteiger partial charge in [-0.2, -0.15) is 5.10 Å². The summed E-state index contributed by atoms with van der Waals surface area (Å²) in [5.41, 5.74) is 2.90. The predicted octanol–water partition coefficient (Wildman–Crippen LogP) is 3.72. The van der Waals surface area contributed by atoms with Crippen molar-refractivity contribution >= 4 is 11.6 Å². The first kappa shape index (κ1) is 19.1. The van der Waals surface area contributed by atoms with E-state index < -0.39 is 0 Å². The molecule has 1 amide bonds. The van der Waals surface area contributed by atoms with Crippen LogP contribution in [0.4, 0.5) is 14.5 Å². The van der Waals surface area contributed by atoms with Crippen LogP contribution in [0.25, 0.3) is 5.69 Å². The zero-order chi connectivity index (χ0) is 20.4. The highest BCUT2D eigenvalue weighted by Crippen LogP contribution is 2.24. The van der Waals surface area contributed by atoms with Crippen molar-refractivity contribution in [3.8, 4) is 5.69 Å². The van der Waals surface area contributed by atoms with Crippen molar-refractivity contribution < 1.29 is 13.6 Å². The van der Waals surface area contributed by atoms with E-state index in [9.17, 15) is 13.6 Å². The minimum Gasteiger partial charge on any atom is -0.371 e. The lowest BCUT2D eigenvalue weighted by Crippen LogP contribution is -2.31. The molecule has 2 heterocycles. The van der Waals surface area contributed by atoms with Gasteiger partial charge < -0.3 is 10.2 Å². The first-order valence-electron chi connectivity index (χ1n) is 9.60. The number of rotatable bonds is 5. The van der Waals surface area contributed by atoms with Crippen molar-refractivity contribution in [1.82, 2.24) is 15.1 Å². The summed E-state index contributed by atoms with van der Waals surface area (Å²) in [5.74, 6) is -0.399. The number of carbonyl (C=O) groups is 1. The molecule has 0 aliphatic carbocycles. The second-order valence-corrected chi connectivity index (χ2v) is 7.32. The Morgan fingerprint density at radius 1 is 1.07 bits per heavy atom. The lowest BCUT2D eigenvalue weighted by atomic mass is 10.1. The molecule has 1 aliphatic heterocycles. The molecule has 1 fully saturated rings. The van der Waals surface area contributed by atoms with Crippen LogP contribution in [0.15, 0.2) is 54.7 Å². The van der Waals surface area contributed by atoms with Crippen LogP contribution in [0.1, 0.15) is 22.5 Å². The van der Waals surface area contributed by atoms with Crippen LogP contribution >= 0.6 is 0 Å². The van der Waals surface area contributed by atoms with E-state index in [0.29, 0.717) is 29.4 Å². The molecule has 0 spiro atoms. The van der Waals surface area contributed by atoms with E-state index in [1.807, 2.05) is 6.92 Å². The number of anilines is 1. The Kier molecular flexibility index (Phi) is 5.29.